The molecule has 0 saturated heterocycles. The van der Waals surface area contributed by atoms with E-state index in [-0.39, 0.29) is 24.9 Å². The molecular formula is C16H15ClF3N3O2. The summed E-state index contributed by atoms with van der Waals surface area (Å²) in [4.78, 5) is 4.05. The van der Waals surface area contributed by atoms with E-state index >= 15 is 0 Å². The van der Waals surface area contributed by atoms with Gasteiger partial charge in [-0.25, -0.2) is 4.99 Å². The molecular weight excluding hydrogens is 359 g/mol. The first kappa shape index (κ1) is 18.7. The topological polar surface area (TPSA) is 68.9 Å². The highest BCUT2D eigenvalue weighted by molar-refractivity contribution is 6.32. The maximum atomic E-state index is 12.1. The molecule has 9 heteroatoms. The Balaban J connectivity index is 1.80. The van der Waals surface area contributed by atoms with Gasteiger partial charge in [-0.1, -0.05) is 23.7 Å². The third-order valence-electron chi connectivity index (χ3n) is 2.83. The summed E-state index contributed by atoms with van der Waals surface area (Å²) >= 11 is 5.95. The van der Waals surface area contributed by atoms with Crippen molar-refractivity contribution in [3.63, 3.8) is 0 Å². The first-order valence-corrected chi connectivity index (χ1v) is 7.51. The van der Waals surface area contributed by atoms with Crippen molar-refractivity contribution in [1.82, 2.24) is 0 Å². The number of halogens is 4. The van der Waals surface area contributed by atoms with Crippen molar-refractivity contribution in [1.29, 1.82) is 0 Å². The molecule has 0 aliphatic heterocycles. The predicted molar refractivity (Wildman–Crippen MR) is 90.2 cm³/mol. The summed E-state index contributed by atoms with van der Waals surface area (Å²) in [6.45, 7) is 0.545. The molecule has 134 valence electrons. The van der Waals surface area contributed by atoms with Crippen molar-refractivity contribution in [2.24, 2.45) is 10.7 Å². The lowest BCUT2D eigenvalue weighted by molar-refractivity contribution is -0.274. The summed E-state index contributed by atoms with van der Waals surface area (Å²) in [6.07, 6.45) is -4.73. The Kier molecular flexibility index (Phi) is 6.35. The van der Waals surface area contributed by atoms with Gasteiger partial charge in [-0.2, -0.15) is 0 Å². The van der Waals surface area contributed by atoms with Crippen LogP contribution in [0.4, 0.5) is 18.9 Å². The molecule has 3 N–H and O–H groups in total. The number of aliphatic imine (C=N–C) groups is 1. The van der Waals surface area contributed by atoms with E-state index in [4.69, 9.17) is 22.1 Å². The van der Waals surface area contributed by atoms with Crippen molar-refractivity contribution >= 4 is 23.2 Å². The van der Waals surface area contributed by atoms with E-state index in [0.717, 1.165) is 0 Å². The van der Waals surface area contributed by atoms with Gasteiger partial charge in [-0.3, -0.25) is 0 Å². The first-order chi connectivity index (χ1) is 11.8. The Morgan fingerprint density at radius 1 is 1.12 bits per heavy atom. The molecule has 0 atom stereocenters. The number of ether oxygens (including phenoxy) is 2. The van der Waals surface area contributed by atoms with Gasteiger partial charge in [0.25, 0.3) is 0 Å². The monoisotopic (exact) mass is 373 g/mol. The summed E-state index contributed by atoms with van der Waals surface area (Å²) in [5, 5.41) is 3.25. The predicted octanol–water partition coefficient (Wildman–Crippen LogP) is 4.04. The van der Waals surface area contributed by atoms with Crippen molar-refractivity contribution in [2.75, 3.05) is 18.5 Å². The molecule has 0 saturated carbocycles. The number of benzene rings is 2. The highest BCUT2D eigenvalue weighted by Crippen LogP contribution is 2.24. The molecule has 0 aliphatic carbocycles. The molecule has 0 fully saturated rings. The van der Waals surface area contributed by atoms with E-state index < -0.39 is 6.36 Å². The highest BCUT2D eigenvalue weighted by atomic mass is 35.5. The Morgan fingerprint density at radius 2 is 1.80 bits per heavy atom. The van der Waals surface area contributed by atoms with Crippen LogP contribution in [0.1, 0.15) is 0 Å². The van der Waals surface area contributed by atoms with E-state index in [1.807, 2.05) is 0 Å². The summed E-state index contributed by atoms with van der Waals surface area (Å²) < 4.78 is 45.5. The molecule has 0 spiro atoms. The van der Waals surface area contributed by atoms with Crippen LogP contribution in [0, 0.1) is 0 Å². The maximum absolute atomic E-state index is 12.1. The van der Waals surface area contributed by atoms with E-state index in [1.165, 1.54) is 24.3 Å². The molecule has 2 aromatic rings. The summed E-state index contributed by atoms with van der Waals surface area (Å²) in [5.74, 6) is 0.333. The number of nitrogens with two attached hydrogens (primary N) is 1. The Labute approximate surface area is 147 Å². The summed E-state index contributed by atoms with van der Waals surface area (Å²) in [7, 11) is 0. The Morgan fingerprint density at radius 3 is 2.44 bits per heavy atom. The zero-order valence-electron chi connectivity index (χ0n) is 12.9. The Bertz CT molecular complexity index is 721. The number of hydrogen-bond donors (Lipinski definition) is 2. The third kappa shape index (κ3) is 6.80. The molecule has 2 rings (SSSR count). The average molecular weight is 374 g/mol. The number of para-hydroxylation sites is 1. The molecule has 25 heavy (non-hydrogen) atoms. The van der Waals surface area contributed by atoms with Crippen LogP contribution in [0.15, 0.2) is 53.5 Å². The van der Waals surface area contributed by atoms with Gasteiger partial charge in [-0.15, -0.1) is 13.2 Å². The van der Waals surface area contributed by atoms with E-state index in [9.17, 15) is 13.2 Å². The minimum absolute atomic E-state index is 0.104. The smallest absolute Gasteiger partial charge is 0.490 e. The largest absolute Gasteiger partial charge is 0.573 e. The third-order valence-corrected chi connectivity index (χ3v) is 3.14. The molecule has 0 amide bonds. The van der Waals surface area contributed by atoms with Crippen LogP contribution in [-0.2, 0) is 0 Å². The number of nitrogens with zero attached hydrogens (tertiary/aromatic N) is 1. The molecule has 0 radical (unpaired) electrons. The standard InChI is InChI=1S/C16H15ClF3N3O2/c17-13-3-1-2-4-14(13)24-10-9-22-15(21)23-11-5-7-12(8-6-11)25-16(18,19)20/h1-8H,9-10H2,(H3,21,22,23). The lowest BCUT2D eigenvalue weighted by Gasteiger charge is -2.10. The molecule has 5 nitrogen and oxygen atoms in total. The van der Waals surface area contributed by atoms with Crippen molar-refractivity contribution in [3.05, 3.63) is 53.6 Å². The first-order valence-electron chi connectivity index (χ1n) is 7.13. The molecule has 0 aromatic heterocycles. The zero-order chi connectivity index (χ0) is 18.3. The van der Waals surface area contributed by atoms with Crippen LogP contribution >= 0.6 is 11.6 Å². The molecule has 0 aliphatic rings. The van der Waals surface area contributed by atoms with Crippen LogP contribution < -0.4 is 20.5 Å². The lowest BCUT2D eigenvalue weighted by atomic mass is 10.3. The maximum Gasteiger partial charge on any atom is 0.573 e. The number of anilines is 1. The van der Waals surface area contributed by atoms with Gasteiger partial charge in [0, 0.05) is 5.69 Å². The van der Waals surface area contributed by atoms with Gasteiger partial charge < -0.3 is 20.5 Å². The minimum Gasteiger partial charge on any atom is -0.490 e. The van der Waals surface area contributed by atoms with Gasteiger partial charge in [0.2, 0.25) is 0 Å². The van der Waals surface area contributed by atoms with Crippen LogP contribution in [0.5, 0.6) is 11.5 Å². The van der Waals surface area contributed by atoms with E-state index in [2.05, 4.69) is 15.0 Å². The van der Waals surface area contributed by atoms with Crippen molar-refractivity contribution in [3.8, 4) is 11.5 Å². The fraction of sp³-hybridized carbons (Fsp3) is 0.188. The van der Waals surface area contributed by atoms with Crippen LogP contribution in [0.25, 0.3) is 0 Å². The van der Waals surface area contributed by atoms with Gasteiger partial charge >= 0.3 is 6.36 Å². The lowest BCUT2D eigenvalue weighted by Crippen LogP contribution is -2.23. The van der Waals surface area contributed by atoms with Gasteiger partial charge in [-0.05, 0) is 36.4 Å². The van der Waals surface area contributed by atoms with Crippen LogP contribution in [0.3, 0.4) is 0 Å². The number of hydrogen-bond acceptors (Lipinski definition) is 3. The van der Waals surface area contributed by atoms with E-state index in [1.54, 1.807) is 24.3 Å². The fourth-order valence-corrected chi connectivity index (χ4v) is 2.00. The molecule has 0 heterocycles. The normalized spacial score (nSPS) is 11.9. The van der Waals surface area contributed by atoms with Crippen molar-refractivity contribution < 1.29 is 22.6 Å². The number of guanidine groups is 1. The number of alkyl halides is 3. The number of nitrogens with one attached hydrogen (secondary N) is 1. The van der Waals surface area contributed by atoms with Gasteiger partial charge in [0.15, 0.2) is 5.96 Å². The van der Waals surface area contributed by atoms with Gasteiger partial charge in [0.05, 0.1) is 11.6 Å². The number of rotatable bonds is 6. The average Bonchev–Trinajstić information content (AvgIpc) is 2.54. The highest BCUT2D eigenvalue weighted by Gasteiger charge is 2.30. The van der Waals surface area contributed by atoms with Crippen LogP contribution in [0.2, 0.25) is 5.02 Å². The second-order valence-corrected chi connectivity index (χ2v) is 5.15. The second-order valence-electron chi connectivity index (χ2n) is 4.74. The molecule has 0 unspecified atom stereocenters. The quantitative estimate of drug-likeness (QED) is 0.455. The second kappa shape index (κ2) is 8.48. The summed E-state index contributed by atoms with van der Waals surface area (Å²) in [5.41, 5.74) is 6.18. The fourth-order valence-electron chi connectivity index (χ4n) is 1.81. The SMILES string of the molecule is NC(=NCCOc1ccccc1Cl)Nc1ccc(OC(F)(F)F)cc1. The van der Waals surface area contributed by atoms with Crippen molar-refractivity contribution in [2.45, 2.75) is 6.36 Å². The summed E-state index contributed by atoms with van der Waals surface area (Å²) in [6, 6.07) is 12.2. The minimum atomic E-state index is -4.73. The van der Waals surface area contributed by atoms with Crippen LogP contribution in [-0.4, -0.2) is 25.5 Å². The zero-order valence-corrected chi connectivity index (χ0v) is 13.6. The molecule has 2 aromatic carbocycles. The van der Waals surface area contributed by atoms with Gasteiger partial charge in [0.1, 0.15) is 18.1 Å². The van der Waals surface area contributed by atoms with E-state index in [0.29, 0.717) is 16.5 Å². The Hall–Kier alpha value is -2.61. The molecule has 0 bridgehead atoms.